The number of carbonyl (C=O) groups excluding carboxylic acids is 1. The summed E-state index contributed by atoms with van der Waals surface area (Å²) in [6.07, 6.45) is 2.00. The summed E-state index contributed by atoms with van der Waals surface area (Å²) in [7, 11) is -3.46. The molecule has 1 aromatic rings. The number of amides is 1. The Hall–Kier alpha value is -1.44. The smallest absolute Gasteiger partial charge is 0.278 e. The van der Waals surface area contributed by atoms with Gasteiger partial charge in [-0.3, -0.25) is 4.79 Å². The molecule has 26 heavy (non-hydrogen) atoms. The van der Waals surface area contributed by atoms with Crippen molar-refractivity contribution in [3.63, 3.8) is 0 Å². The van der Waals surface area contributed by atoms with Crippen LogP contribution >= 0.6 is 0 Å². The molecule has 0 radical (unpaired) electrons. The summed E-state index contributed by atoms with van der Waals surface area (Å²) in [6, 6.07) is 7.15. The Kier molecular flexibility index (Phi) is 7.20. The van der Waals surface area contributed by atoms with E-state index in [1.165, 1.54) is 0 Å². The normalized spacial score (nSPS) is 18.0. The van der Waals surface area contributed by atoms with E-state index in [4.69, 9.17) is 0 Å². The van der Waals surface area contributed by atoms with E-state index in [0.29, 0.717) is 31.1 Å². The van der Waals surface area contributed by atoms with Gasteiger partial charge in [-0.05, 0) is 44.9 Å². The molecule has 6 nitrogen and oxygen atoms in total. The maximum absolute atomic E-state index is 12.8. The third-order valence-corrected chi connectivity index (χ3v) is 6.81. The number of sulfonamides is 1. The van der Waals surface area contributed by atoms with Gasteiger partial charge in [0.25, 0.3) is 5.91 Å². The molecule has 0 saturated carbocycles. The first kappa shape index (κ1) is 20.9. The standard InChI is InChI=1S/C19H31N3O3S/c1-5-6-17-7-9-18(10-8-17)26(24,25)22-13-11-21(12-14-22)16(4)19(23)20-15(2)3/h7-10,15-16H,5-6,11-14H2,1-4H3,(H,20,23)/p+1/t16-/m0/s1. The van der Waals surface area contributed by atoms with Gasteiger partial charge in [0.1, 0.15) is 0 Å². The fourth-order valence-corrected chi connectivity index (χ4v) is 4.75. The molecular weight excluding hydrogens is 350 g/mol. The highest BCUT2D eigenvalue weighted by molar-refractivity contribution is 7.89. The highest BCUT2D eigenvalue weighted by Gasteiger charge is 2.34. The van der Waals surface area contributed by atoms with E-state index in [0.717, 1.165) is 23.3 Å². The first-order valence-corrected chi connectivity index (χ1v) is 10.9. The highest BCUT2D eigenvalue weighted by Crippen LogP contribution is 2.17. The summed E-state index contributed by atoms with van der Waals surface area (Å²) in [6.45, 7) is 10.0. The zero-order valence-electron chi connectivity index (χ0n) is 16.3. The topological polar surface area (TPSA) is 70.9 Å². The molecule has 0 aromatic heterocycles. The number of rotatable bonds is 7. The number of nitrogens with zero attached hydrogens (tertiary/aromatic N) is 1. The van der Waals surface area contributed by atoms with Crippen LogP contribution in [0, 0.1) is 0 Å². The molecule has 1 aromatic carbocycles. The van der Waals surface area contributed by atoms with Crippen molar-refractivity contribution in [3.8, 4) is 0 Å². The van der Waals surface area contributed by atoms with Crippen LogP contribution in [0.15, 0.2) is 29.2 Å². The van der Waals surface area contributed by atoms with Crippen molar-refractivity contribution in [1.82, 2.24) is 9.62 Å². The third-order valence-electron chi connectivity index (χ3n) is 4.90. The van der Waals surface area contributed by atoms with E-state index in [1.54, 1.807) is 16.4 Å². The number of hydrogen-bond donors (Lipinski definition) is 2. The van der Waals surface area contributed by atoms with Gasteiger partial charge in [0.05, 0.1) is 31.1 Å². The summed E-state index contributed by atoms with van der Waals surface area (Å²) in [4.78, 5) is 13.7. The van der Waals surface area contributed by atoms with Gasteiger partial charge in [-0.1, -0.05) is 25.5 Å². The fourth-order valence-electron chi connectivity index (χ4n) is 3.31. The van der Waals surface area contributed by atoms with E-state index < -0.39 is 10.0 Å². The number of aryl methyl sites for hydroxylation is 1. The van der Waals surface area contributed by atoms with Crippen LogP contribution in [0.1, 0.15) is 39.7 Å². The molecule has 0 bridgehead atoms. The summed E-state index contributed by atoms with van der Waals surface area (Å²) >= 11 is 0. The molecule has 0 unspecified atom stereocenters. The molecular formula is C19H32N3O3S+. The molecule has 1 heterocycles. The van der Waals surface area contributed by atoms with Crippen LogP contribution in [-0.4, -0.2) is 56.9 Å². The lowest BCUT2D eigenvalue weighted by atomic mass is 10.1. The first-order chi connectivity index (χ1) is 12.3. The minimum absolute atomic E-state index is 0.0258. The monoisotopic (exact) mass is 382 g/mol. The van der Waals surface area contributed by atoms with Gasteiger partial charge in [-0.25, -0.2) is 8.42 Å². The zero-order chi connectivity index (χ0) is 19.3. The molecule has 146 valence electrons. The van der Waals surface area contributed by atoms with Gasteiger partial charge in [0.2, 0.25) is 10.0 Å². The molecule has 7 heteroatoms. The van der Waals surface area contributed by atoms with Crippen molar-refractivity contribution in [3.05, 3.63) is 29.8 Å². The number of nitrogens with one attached hydrogen (secondary N) is 2. The van der Waals surface area contributed by atoms with Crippen molar-refractivity contribution < 1.29 is 18.1 Å². The molecule has 1 atom stereocenters. The number of carbonyl (C=O) groups is 1. The molecule has 0 spiro atoms. The first-order valence-electron chi connectivity index (χ1n) is 9.49. The zero-order valence-corrected chi connectivity index (χ0v) is 17.1. The third kappa shape index (κ3) is 5.05. The second-order valence-electron chi connectivity index (χ2n) is 7.34. The molecule has 1 aliphatic rings. The maximum Gasteiger partial charge on any atom is 0.278 e. The van der Waals surface area contributed by atoms with Gasteiger partial charge >= 0.3 is 0 Å². The molecule has 1 amide bonds. The lowest BCUT2D eigenvalue weighted by molar-refractivity contribution is -0.917. The Balaban J connectivity index is 1.98. The van der Waals surface area contributed by atoms with Crippen molar-refractivity contribution in [2.75, 3.05) is 26.2 Å². The number of hydrogen-bond acceptors (Lipinski definition) is 3. The molecule has 1 saturated heterocycles. The summed E-state index contributed by atoms with van der Waals surface area (Å²) < 4.78 is 27.2. The fraction of sp³-hybridized carbons (Fsp3) is 0.632. The molecule has 2 rings (SSSR count). The largest absolute Gasteiger partial charge is 0.349 e. The van der Waals surface area contributed by atoms with Crippen molar-refractivity contribution in [1.29, 1.82) is 0 Å². The van der Waals surface area contributed by atoms with Gasteiger partial charge in [-0.15, -0.1) is 0 Å². The molecule has 1 aliphatic heterocycles. The number of piperazine rings is 1. The number of quaternary nitrogens is 1. The Morgan fingerprint density at radius 1 is 1.15 bits per heavy atom. The van der Waals surface area contributed by atoms with Crippen LogP contribution in [0.3, 0.4) is 0 Å². The Labute approximate surface area is 157 Å². The SMILES string of the molecule is CCCc1ccc(S(=O)(=O)N2CC[NH+]([C@@H](C)C(=O)NC(C)C)CC2)cc1. The van der Waals surface area contributed by atoms with Crippen LogP contribution in [-0.2, 0) is 21.2 Å². The van der Waals surface area contributed by atoms with E-state index in [2.05, 4.69) is 12.2 Å². The van der Waals surface area contributed by atoms with Gasteiger partial charge in [0.15, 0.2) is 6.04 Å². The van der Waals surface area contributed by atoms with Crippen LogP contribution in [0.4, 0.5) is 0 Å². The average molecular weight is 383 g/mol. The number of benzene rings is 1. The minimum Gasteiger partial charge on any atom is -0.349 e. The quantitative estimate of drug-likeness (QED) is 0.719. The van der Waals surface area contributed by atoms with Gasteiger partial charge < -0.3 is 10.2 Å². The van der Waals surface area contributed by atoms with Crippen LogP contribution < -0.4 is 10.2 Å². The van der Waals surface area contributed by atoms with Crippen LogP contribution in [0.5, 0.6) is 0 Å². The predicted molar refractivity (Wildman–Crippen MR) is 103 cm³/mol. The van der Waals surface area contributed by atoms with Gasteiger partial charge in [0, 0.05) is 6.04 Å². The second kappa shape index (κ2) is 8.97. The Bertz CT molecular complexity index is 693. The van der Waals surface area contributed by atoms with Crippen LogP contribution in [0.2, 0.25) is 0 Å². The second-order valence-corrected chi connectivity index (χ2v) is 9.28. The van der Waals surface area contributed by atoms with E-state index in [1.807, 2.05) is 32.9 Å². The minimum atomic E-state index is -3.46. The van der Waals surface area contributed by atoms with Crippen molar-refractivity contribution in [2.45, 2.75) is 57.5 Å². The lowest BCUT2D eigenvalue weighted by Gasteiger charge is -2.34. The van der Waals surface area contributed by atoms with Crippen molar-refractivity contribution >= 4 is 15.9 Å². The lowest BCUT2D eigenvalue weighted by Crippen LogP contribution is -3.19. The Morgan fingerprint density at radius 2 is 1.73 bits per heavy atom. The predicted octanol–water partition coefficient (Wildman–Crippen LogP) is 0.441. The van der Waals surface area contributed by atoms with E-state index in [9.17, 15) is 13.2 Å². The summed E-state index contributed by atoms with van der Waals surface area (Å²) in [5.74, 6) is 0.0258. The van der Waals surface area contributed by atoms with Crippen LogP contribution in [0.25, 0.3) is 0 Å². The Morgan fingerprint density at radius 3 is 2.23 bits per heavy atom. The van der Waals surface area contributed by atoms with Gasteiger partial charge in [-0.2, -0.15) is 4.31 Å². The highest BCUT2D eigenvalue weighted by atomic mass is 32.2. The van der Waals surface area contributed by atoms with E-state index >= 15 is 0 Å². The average Bonchev–Trinajstić information content (AvgIpc) is 2.61. The maximum atomic E-state index is 12.8. The van der Waals surface area contributed by atoms with Crippen molar-refractivity contribution in [2.24, 2.45) is 0 Å². The molecule has 1 fully saturated rings. The summed E-state index contributed by atoms with van der Waals surface area (Å²) in [5.41, 5.74) is 1.16. The summed E-state index contributed by atoms with van der Waals surface area (Å²) in [5, 5.41) is 2.93. The van der Waals surface area contributed by atoms with E-state index in [-0.39, 0.29) is 18.0 Å². The molecule has 2 N–H and O–H groups in total. The molecule has 0 aliphatic carbocycles.